The largest absolute Gasteiger partial charge is 0.417 e. The van der Waals surface area contributed by atoms with E-state index in [0.717, 1.165) is 23.3 Å². The van der Waals surface area contributed by atoms with Crippen LogP contribution in [0.15, 0.2) is 36.4 Å². The SMILES string of the molecule is COC1Cc2c(cccc2NC(=O)Nc2ccc(Cl)c(C(F)(F)F)c2)CC1O. The third-order valence-electron chi connectivity index (χ3n) is 4.62. The number of hydrogen-bond donors (Lipinski definition) is 3. The first kappa shape index (κ1) is 20.4. The van der Waals surface area contributed by atoms with E-state index in [-0.39, 0.29) is 5.69 Å². The number of hydrogen-bond acceptors (Lipinski definition) is 3. The molecule has 150 valence electrons. The molecule has 0 aromatic heterocycles. The number of carbonyl (C=O) groups is 1. The lowest BCUT2D eigenvalue weighted by atomic mass is 9.86. The van der Waals surface area contributed by atoms with Crippen LogP contribution in [0.3, 0.4) is 0 Å². The Bertz CT molecular complexity index is 889. The molecule has 2 aromatic carbocycles. The van der Waals surface area contributed by atoms with Crippen LogP contribution in [-0.4, -0.2) is 30.5 Å². The van der Waals surface area contributed by atoms with Gasteiger partial charge in [-0.05, 0) is 35.4 Å². The highest BCUT2D eigenvalue weighted by Crippen LogP contribution is 2.36. The number of nitrogens with one attached hydrogen (secondary N) is 2. The van der Waals surface area contributed by atoms with Gasteiger partial charge in [-0.25, -0.2) is 4.79 Å². The summed E-state index contributed by atoms with van der Waals surface area (Å²) < 4.78 is 44.1. The van der Waals surface area contributed by atoms with E-state index in [1.54, 1.807) is 12.1 Å². The fraction of sp³-hybridized carbons (Fsp3) is 0.316. The number of fused-ring (bicyclic) bond motifs is 1. The Hall–Kier alpha value is -2.29. The predicted molar refractivity (Wildman–Crippen MR) is 99.7 cm³/mol. The zero-order chi connectivity index (χ0) is 20.5. The van der Waals surface area contributed by atoms with Crippen LogP contribution in [0, 0.1) is 0 Å². The van der Waals surface area contributed by atoms with E-state index < -0.39 is 35.0 Å². The molecule has 0 fully saturated rings. The molecule has 0 heterocycles. The highest BCUT2D eigenvalue weighted by molar-refractivity contribution is 6.31. The number of anilines is 2. The van der Waals surface area contributed by atoms with Crippen LogP contribution in [0.4, 0.5) is 29.3 Å². The molecule has 3 rings (SSSR count). The maximum Gasteiger partial charge on any atom is 0.417 e. The number of ether oxygens (including phenoxy) is 1. The summed E-state index contributed by atoms with van der Waals surface area (Å²) in [6.45, 7) is 0. The average Bonchev–Trinajstić information content (AvgIpc) is 2.62. The van der Waals surface area contributed by atoms with Gasteiger partial charge in [0.1, 0.15) is 0 Å². The smallest absolute Gasteiger partial charge is 0.390 e. The number of methoxy groups -OCH3 is 1. The third-order valence-corrected chi connectivity index (χ3v) is 4.95. The zero-order valence-corrected chi connectivity index (χ0v) is 15.6. The van der Waals surface area contributed by atoms with Crippen LogP contribution >= 0.6 is 11.6 Å². The van der Waals surface area contributed by atoms with E-state index in [9.17, 15) is 23.1 Å². The van der Waals surface area contributed by atoms with Crippen molar-refractivity contribution in [3.8, 4) is 0 Å². The number of amides is 2. The lowest BCUT2D eigenvalue weighted by Crippen LogP contribution is -2.36. The Labute approximate surface area is 164 Å². The fourth-order valence-electron chi connectivity index (χ4n) is 3.22. The number of benzene rings is 2. The van der Waals surface area contributed by atoms with Gasteiger partial charge in [-0.2, -0.15) is 13.2 Å². The topological polar surface area (TPSA) is 70.6 Å². The highest BCUT2D eigenvalue weighted by Gasteiger charge is 2.33. The van der Waals surface area contributed by atoms with Gasteiger partial charge in [-0.1, -0.05) is 23.7 Å². The van der Waals surface area contributed by atoms with Crippen LogP contribution < -0.4 is 10.6 Å². The number of carbonyl (C=O) groups excluding carboxylic acids is 1. The first-order chi connectivity index (χ1) is 13.2. The molecule has 28 heavy (non-hydrogen) atoms. The molecule has 9 heteroatoms. The number of rotatable bonds is 3. The molecule has 0 saturated heterocycles. The molecule has 1 aliphatic carbocycles. The van der Waals surface area contributed by atoms with Crippen LogP contribution in [0.25, 0.3) is 0 Å². The number of aliphatic hydroxyl groups excluding tert-OH is 1. The molecule has 2 unspecified atom stereocenters. The van der Waals surface area contributed by atoms with Crippen molar-refractivity contribution in [2.75, 3.05) is 17.7 Å². The molecular weight excluding hydrogens is 397 g/mol. The Balaban J connectivity index is 1.77. The number of halogens is 4. The number of alkyl halides is 3. The lowest BCUT2D eigenvalue weighted by molar-refractivity contribution is -0.137. The molecule has 0 radical (unpaired) electrons. The minimum atomic E-state index is -4.63. The summed E-state index contributed by atoms with van der Waals surface area (Å²) >= 11 is 5.59. The monoisotopic (exact) mass is 414 g/mol. The van der Waals surface area contributed by atoms with Gasteiger partial charge in [-0.15, -0.1) is 0 Å². The van der Waals surface area contributed by atoms with Crippen molar-refractivity contribution in [1.82, 2.24) is 0 Å². The summed E-state index contributed by atoms with van der Waals surface area (Å²) in [6.07, 6.45) is -4.88. The second kappa shape index (κ2) is 7.98. The number of aliphatic hydroxyl groups is 1. The van der Waals surface area contributed by atoms with Crippen molar-refractivity contribution in [2.24, 2.45) is 0 Å². The van der Waals surface area contributed by atoms with Gasteiger partial charge in [0.15, 0.2) is 0 Å². The molecule has 5 nitrogen and oxygen atoms in total. The van der Waals surface area contributed by atoms with Crippen molar-refractivity contribution in [1.29, 1.82) is 0 Å². The van der Waals surface area contributed by atoms with Crippen molar-refractivity contribution in [2.45, 2.75) is 31.2 Å². The summed E-state index contributed by atoms with van der Waals surface area (Å²) in [5, 5.41) is 14.7. The van der Waals surface area contributed by atoms with E-state index in [0.29, 0.717) is 18.5 Å². The van der Waals surface area contributed by atoms with Gasteiger partial charge in [0.2, 0.25) is 0 Å². The highest BCUT2D eigenvalue weighted by atomic mass is 35.5. The van der Waals surface area contributed by atoms with Gasteiger partial charge in [0, 0.05) is 31.3 Å². The summed E-state index contributed by atoms with van der Waals surface area (Å²) in [4.78, 5) is 12.3. The number of urea groups is 1. The lowest BCUT2D eigenvalue weighted by Gasteiger charge is -2.30. The van der Waals surface area contributed by atoms with Crippen LogP contribution in [-0.2, 0) is 23.8 Å². The second-order valence-electron chi connectivity index (χ2n) is 6.46. The maximum absolute atomic E-state index is 13.0. The minimum absolute atomic E-state index is 0.0378. The van der Waals surface area contributed by atoms with Crippen molar-refractivity contribution in [3.05, 3.63) is 58.1 Å². The summed E-state index contributed by atoms with van der Waals surface area (Å²) in [5.74, 6) is 0. The zero-order valence-electron chi connectivity index (χ0n) is 14.8. The molecule has 2 amide bonds. The molecule has 0 bridgehead atoms. The minimum Gasteiger partial charge on any atom is -0.390 e. The van der Waals surface area contributed by atoms with Crippen molar-refractivity contribution >= 4 is 29.0 Å². The van der Waals surface area contributed by atoms with Gasteiger partial charge in [0.25, 0.3) is 0 Å². The standard InChI is InChI=1S/C19H18ClF3N2O3/c1-28-17-9-12-10(7-16(17)26)3-2-4-15(12)25-18(27)24-11-5-6-14(20)13(8-11)19(21,22)23/h2-6,8,16-17,26H,7,9H2,1H3,(H2,24,25,27). The van der Waals surface area contributed by atoms with E-state index >= 15 is 0 Å². The quantitative estimate of drug-likeness (QED) is 0.693. The van der Waals surface area contributed by atoms with Gasteiger partial charge in [0.05, 0.1) is 22.8 Å². The second-order valence-corrected chi connectivity index (χ2v) is 6.87. The Morgan fingerprint density at radius 3 is 2.64 bits per heavy atom. The Morgan fingerprint density at radius 1 is 1.21 bits per heavy atom. The summed E-state index contributed by atoms with van der Waals surface area (Å²) in [5.41, 5.74) is 1.14. The molecule has 0 aliphatic heterocycles. The van der Waals surface area contributed by atoms with E-state index in [4.69, 9.17) is 16.3 Å². The van der Waals surface area contributed by atoms with Crippen molar-refractivity contribution < 1.29 is 27.8 Å². The van der Waals surface area contributed by atoms with Crippen LogP contribution in [0.1, 0.15) is 16.7 Å². The predicted octanol–water partition coefficient (Wildman–Crippen LogP) is 4.48. The maximum atomic E-state index is 13.0. The molecule has 1 aliphatic rings. The molecule has 2 aromatic rings. The first-order valence-electron chi connectivity index (χ1n) is 8.45. The molecule has 0 spiro atoms. The van der Waals surface area contributed by atoms with Gasteiger partial charge in [-0.3, -0.25) is 0 Å². The third kappa shape index (κ3) is 4.40. The van der Waals surface area contributed by atoms with Crippen LogP contribution in [0.5, 0.6) is 0 Å². The van der Waals surface area contributed by atoms with Crippen molar-refractivity contribution in [3.63, 3.8) is 0 Å². The molecule has 0 saturated carbocycles. The Morgan fingerprint density at radius 2 is 1.96 bits per heavy atom. The van der Waals surface area contributed by atoms with Gasteiger partial charge < -0.3 is 20.5 Å². The average molecular weight is 415 g/mol. The summed E-state index contributed by atoms with van der Waals surface area (Å²) in [7, 11) is 1.50. The van der Waals surface area contributed by atoms with Crippen LogP contribution in [0.2, 0.25) is 5.02 Å². The Kier molecular flexibility index (Phi) is 5.83. The first-order valence-corrected chi connectivity index (χ1v) is 8.83. The van der Waals surface area contributed by atoms with E-state index in [1.165, 1.54) is 13.2 Å². The summed E-state index contributed by atoms with van der Waals surface area (Å²) in [6, 6.07) is 7.72. The van der Waals surface area contributed by atoms with Gasteiger partial charge >= 0.3 is 12.2 Å². The molecular formula is C19H18ClF3N2O3. The molecule has 3 N–H and O–H groups in total. The fourth-order valence-corrected chi connectivity index (χ4v) is 3.45. The normalized spacial score (nSPS) is 19.1. The molecule has 2 atom stereocenters. The van der Waals surface area contributed by atoms with E-state index in [1.807, 2.05) is 6.07 Å². The van der Waals surface area contributed by atoms with E-state index in [2.05, 4.69) is 10.6 Å².